The molecule has 24 heavy (non-hydrogen) atoms. The quantitative estimate of drug-likeness (QED) is 0.678. The van der Waals surface area contributed by atoms with Gasteiger partial charge >= 0.3 is 0 Å². The van der Waals surface area contributed by atoms with Gasteiger partial charge in [-0.3, -0.25) is 9.69 Å². The molecule has 0 bridgehead atoms. The summed E-state index contributed by atoms with van der Waals surface area (Å²) in [5.74, 6) is 0.156. The summed E-state index contributed by atoms with van der Waals surface area (Å²) in [7, 11) is 0. The van der Waals surface area contributed by atoms with E-state index in [0.29, 0.717) is 13.0 Å². The summed E-state index contributed by atoms with van der Waals surface area (Å²) < 4.78 is 0. The lowest BCUT2D eigenvalue weighted by atomic mass is 10.2. The van der Waals surface area contributed by atoms with Gasteiger partial charge < -0.3 is 15.5 Å². The van der Waals surface area contributed by atoms with Crippen LogP contribution in [0, 0.1) is 0 Å². The number of piperazine rings is 1. The minimum Gasteiger partial charge on any atom is -0.369 e. The first kappa shape index (κ1) is 23.0. The average molecular weight is 377 g/mol. The Morgan fingerprint density at radius 3 is 2.33 bits per heavy atom. The van der Waals surface area contributed by atoms with Gasteiger partial charge in [-0.25, -0.2) is 0 Å². The second-order valence-corrected chi connectivity index (χ2v) is 5.62. The van der Waals surface area contributed by atoms with E-state index in [1.165, 1.54) is 5.69 Å². The second kappa shape index (κ2) is 13.3. The first-order valence-corrected chi connectivity index (χ1v) is 8.29. The molecule has 1 saturated heterocycles. The zero-order valence-electron chi connectivity index (χ0n) is 14.4. The number of likely N-dealkylation sites (N-methyl/N-ethyl adjacent to an activating group) is 1. The molecule has 1 fully saturated rings. The van der Waals surface area contributed by atoms with Crippen LogP contribution >= 0.6 is 24.8 Å². The molecule has 138 valence electrons. The molecule has 2 N–H and O–H groups in total. The summed E-state index contributed by atoms with van der Waals surface area (Å²) in [5.41, 5.74) is 1.29. The van der Waals surface area contributed by atoms with Gasteiger partial charge in [-0.05, 0) is 18.7 Å². The molecule has 1 heterocycles. The van der Waals surface area contributed by atoms with Gasteiger partial charge in [0.1, 0.15) is 0 Å². The average Bonchev–Trinajstić information content (AvgIpc) is 2.58. The van der Waals surface area contributed by atoms with Crippen molar-refractivity contribution < 1.29 is 4.79 Å². The maximum absolute atomic E-state index is 11.8. The normalized spacial score (nSPS) is 14.5. The highest BCUT2D eigenvalue weighted by Crippen LogP contribution is 2.15. The Kier molecular flexibility index (Phi) is 12.7. The molecule has 1 amide bonds. The molecule has 0 aliphatic carbocycles. The maximum atomic E-state index is 11.8. The topological polar surface area (TPSA) is 47.6 Å². The summed E-state index contributed by atoms with van der Waals surface area (Å²) in [6.45, 7) is 9.55. The number of amides is 1. The molecule has 0 radical (unpaired) electrons. The van der Waals surface area contributed by atoms with Gasteiger partial charge in [-0.15, -0.1) is 24.8 Å². The van der Waals surface area contributed by atoms with Crippen LogP contribution in [0.3, 0.4) is 0 Å². The second-order valence-electron chi connectivity index (χ2n) is 5.62. The van der Waals surface area contributed by atoms with Crippen LogP contribution in [0.5, 0.6) is 0 Å². The van der Waals surface area contributed by atoms with Gasteiger partial charge in [0.2, 0.25) is 5.91 Å². The van der Waals surface area contributed by atoms with Crippen LogP contribution < -0.4 is 15.5 Å². The Bertz CT molecular complexity index is 439. The number of halogens is 2. The molecule has 0 unspecified atom stereocenters. The largest absolute Gasteiger partial charge is 0.369 e. The molecule has 7 heteroatoms. The van der Waals surface area contributed by atoms with E-state index in [0.717, 1.165) is 45.8 Å². The summed E-state index contributed by atoms with van der Waals surface area (Å²) in [4.78, 5) is 16.5. The third kappa shape index (κ3) is 8.20. The smallest absolute Gasteiger partial charge is 0.221 e. The van der Waals surface area contributed by atoms with E-state index >= 15 is 0 Å². The highest BCUT2D eigenvalue weighted by Gasteiger charge is 2.17. The zero-order valence-corrected chi connectivity index (χ0v) is 16.0. The monoisotopic (exact) mass is 376 g/mol. The fraction of sp³-hybridized carbons (Fsp3) is 0.588. The molecule has 0 saturated carbocycles. The van der Waals surface area contributed by atoms with E-state index in [1.54, 1.807) is 0 Å². The van der Waals surface area contributed by atoms with Crippen LogP contribution in [0.2, 0.25) is 0 Å². The van der Waals surface area contributed by atoms with Crippen LogP contribution in [-0.2, 0) is 4.79 Å². The number of benzene rings is 1. The predicted molar refractivity (Wildman–Crippen MR) is 106 cm³/mol. The van der Waals surface area contributed by atoms with Crippen molar-refractivity contribution >= 4 is 36.4 Å². The maximum Gasteiger partial charge on any atom is 0.221 e. The van der Waals surface area contributed by atoms with E-state index in [-0.39, 0.29) is 30.7 Å². The number of carbonyl (C=O) groups is 1. The van der Waals surface area contributed by atoms with Gasteiger partial charge in [-0.1, -0.05) is 25.1 Å². The van der Waals surface area contributed by atoms with Crippen molar-refractivity contribution in [2.24, 2.45) is 0 Å². The molecule has 1 aliphatic rings. The van der Waals surface area contributed by atoms with Crippen molar-refractivity contribution in [3.63, 3.8) is 0 Å². The predicted octanol–water partition coefficient (Wildman–Crippen LogP) is 1.77. The van der Waals surface area contributed by atoms with Crippen LogP contribution in [0.25, 0.3) is 0 Å². The number of nitrogens with zero attached hydrogens (tertiary/aromatic N) is 2. The van der Waals surface area contributed by atoms with Gasteiger partial charge in [0, 0.05) is 57.9 Å². The molecule has 5 nitrogen and oxygen atoms in total. The number of nitrogens with one attached hydrogen (secondary N) is 2. The van der Waals surface area contributed by atoms with Gasteiger partial charge in [-0.2, -0.15) is 0 Å². The Labute approximate surface area is 158 Å². The summed E-state index contributed by atoms with van der Waals surface area (Å²) in [5, 5.41) is 6.15. The fourth-order valence-corrected chi connectivity index (χ4v) is 2.68. The lowest BCUT2D eigenvalue weighted by Crippen LogP contribution is -2.47. The third-order valence-electron chi connectivity index (χ3n) is 4.02. The number of hydrogen-bond donors (Lipinski definition) is 2. The molecule has 1 aromatic rings. The summed E-state index contributed by atoms with van der Waals surface area (Å²) in [6, 6.07) is 10.5. The molecule has 0 spiro atoms. The summed E-state index contributed by atoms with van der Waals surface area (Å²) in [6.07, 6.45) is 0.595. The molecular formula is C17H30Cl2N4O. The molecule has 1 aliphatic heterocycles. The first-order valence-electron chi connectivity index (χ1n) is 8.29. The molecule has 2 rings (SSSR count). The van der Waals surface area contributed by atoms with Crippen molar-refractivity contribution in [2.45, 2.75) is 13.3 Å². The zero-order chi connectivity index (χ0) is 15.6. The minimum atomic E-state index is 0. The van der Waals surface area contributed by atoms with E-state index in [4.69, 9.17) is 0 Å². The molecule has 0 atom stereocenters. The number of para-hydroxylation sites is 1. The van der Waals surface area contributed by atoms with Crippen molar-refractivity contribution in [3.8, 4) is 0 Å². The Hall–Kier alpha value is -1.01. The van der Waals surface area contributed by atoms with Crippen molar-refractivity contribution in [1.82, 2.24) is 15.5 Å². The fourth-order valence-electron chi connectivity index (χ4n) is 2.68. The first-order chi connectivity index (χ1) is 10.8. The molecular weight excluding hydrogens is 347 g/mol. The number of anilines is 1. The van der Waals surface area contributed by atoms with Crippen LogP contribution in [0.4, 0.5) is 5.69 Å². The van der Waals surface area contributed by atoms with E-state index in [2.05, 4.69) is 51.6 Å². The van der Waals surface area contributed by atoms with Gasteiger partial charge in [0.25, 0.3) is 0 Å². The van der Waals surface area contributed by atoms with Crippen LogP contribution in [0.1, 0.15) is 13.3 Å². The Morgan fingerprint density at radius 1 is 1.04 bits per heavy atom. The van der Waals surface area contributed by atoms with Crippen molar-refractivity contribution in [3.05, 3.63) is 30.3 Å². The lowest BCUT2D eigenvalue weighted by molar-refractivity contribution is -0.121. The van der Waals surface area contributed by atoms with Gasteiger partial charge in [0.05, 0.1) is 0 Å². The SMILES string of the molecule is CCNCCNC(=O)CCN1CCN(c2ccccc2)CC1.Cl.Cl. The highest BCUT2D eigenvalue weighted by molar-refractivity contribution is 5.85. The van der Waals surface area contributed by atoms with Crippen LogP contribution in [0.15, 0.2) is 30.3 Å². The van der Waals surface area contributed by atoms with E-state index < -0.39 is 0 Å². The van der Waals surface area contributed by atoms with E-state index in [9.17, 15) is 4.79 Å². The number of hydrogen-bond acceptors (Lipinski definition) is 4. The molecule has 0 aromatic heterocycles. The Morgan fingerprint density at radius 2 is 1.71 bits per heavy atom. The van der Waals surface area contributed by atoms with Gasteiger partial charge in [0.15, 0.2) is 0 Å². The van der Waals surface area contributed by atoms with Crippen molar-refractivity contribution in [2.75, 3.05) is 57.3 Å². The highest BCUT2D eigenvalue weighted by atomic mass is 35.5. The van der Waals surface area contributed by atoms with Crippen LogP contribution in [-0.4, -0.2) is 63.2 Å². The van der Waals surface area contributed by atoms with Crippen molar-refractivity contribution in [1.29, 1.82) is 0 Å². The minimum absolute atomic E-state index is 0. The number of rotatable bonds is 8. The van der Waals surface area contributed by atoms with E-state index in [1.807, 2.05) is 6.07 Å². The Balaban J connectivity index is 0.00000264. The third-order valence-corrected chi connectivity index (χ3v) is 4.02. The lowest BCUT2D eigenvalue weighted by Gasteiger charge is -2.36. The number of carbonyl (C=O) groups excluding carboxylic acids is 1. The summed E-state index contributed by atoms with van der Waals surface area (Å²) >= 11 is 0. The molecule has 1 aromatic carbocycles. The standard InChI is InChI=1S/C17H28N4O.2ClH/c1-2-18-9-10-19-17(22)8-11-20-12-14-21(15-13-20)16-6-4-3-5-7-16;;/h3-7,18H,2,8-15H2,1H3,(H,19,22);2*1H.